The lowest BCUT2D eigenvalue weighted by molar-refractivity contribution is 1.15. The van der Waals surface area contributed by atoms with Crippen LogP contribution >= 0.6 is 0 Å². The van der Waals surface area contributed by atoms with E-state index < -0.39 is 0 Å². The Labute approximate surface area is 182 Å². The Morgan fingerprint density at radius 2 is 1.09 bits per heavy atom. The molecule has 0 aliphatic carbocycles. The first-order valence-electron chi connectivity index (χ1n) is 10.8. The van der Waals surface area contributed by atoms with E-state index >= 15 is 0 Å². The minimum atomic E-state index is 0.901. The van der Waals surface area contributed by atoms with Crippen LogP contribution in [0.4, 0.5) is 0 Å². The molecule has 8 aromatic rings. The summed E-state index contributed by atoms with van der Waals surface area (Å²) < 4.78 is 6.77. The van der Waals surface area contributed by atoms with Gasteiger partial charge in [-0.05, 0) is 60.0 Å². The maximum atomic E-state index is 5.02. The van der Waals surface area contributed by atoms with E-state index in [0.717, 1.165) is 50.2 Å². The van der Waals surface area contributed by atoms with Crippen molar-refractivity contribution in [3.8, 4) is 11.1 Å². The lowest BCUT2D eigenvalue weighted by Gasteiger charge is -2.07. The van der Waals surface area contributed by atoms with Gasteiger partial charge in [-0.15, -0.1) is 0 Å². The van der Waals surface area contributed by atoms with Crippen molar-refractivity contribution < 1.29 is 0 Å². The second-order valence-corrected chi connectivity index (χ2v) is 8.49. The SMILES string of the molecule is Cc1ccccc1-c1cc2c3c(c1)n1c4ccccc4nc1n3c1nc3ccccc3n21. The summed E-state index contributed by atoms with van der Waals surface area (Å²) in [5.74, 6) is 1.80. The largest absolute Gasteiger partial charge is 0.276 e. The summed E-state index contributed by atoms with van der Waals surface area (Å²) in [6.07, 6.45) is 0. The van der Waals surface area contributed by atoms with Crippen LogP contribution in [0.15, 0.2) is 84.9 Å². The molecule has 150 valence electrons. The second-order valence-electron chi connectivity index (χ2n) is 8.49. The van der Waals surface area contributed by atoms with E-state index in [2.05, 4.69) is 92.9 Å². The van der Waals surface area contributed by atoms with Crippen LogP contribution in [0.1, 0.15) is 5.56 Å². The summed E-state index contributed by atoms with van der Waals surface area (Å²) in [6.45, 7) is 2.17. The predicted octanol–water partition coefficient (Wildman–Crippen LogP) is 6.11. The molecule has 0 amide bonds. The molecule has 32 heavy (non-hydrogen) atoms. The molecule has 4 aromatic carbocycles. The van der Waals surface area contributed by atoms with Crippen LogP contribution in [0, 0.1) is 6.92 Å². The van der Waals surface area contributed by atoms with Gasteiger partial charge in [0.05, 0.1) is 33.1 Å². The summed E-state index contributed by atoms with van der Waals surface area (Å²) in [5, 5.41) is 0. The number of benzene rings is 4. The molecule has 4 heterocycles. The molecule has 0 aliphatic rings. The van der Waals surface area contributed by atoms with Crippen LogP contribution in [0.25, 0.3) is 61.3 Å². The number of para-hydroxylation sites is 4. The fraction of sp³-hybridized carbons (Fsp3) is 0.0370. The Bertz CT molecular complexity index is 1880. The van der Waals surface area contributed by atoms with Gasteiger partial charge in [0.1, 0.15) is 5.52 Å². The van der Waals surface area contributed by atoms with Gasteiger partial charge in [-0.3, -0.25) is 8.80 Å². The van der Waals surface area contributed by atoms with E-state index in [1.54, 1.807) is 0 Å². The van der Waals surface area contributed by atoms with Crippen LogP contribution in [-0.2, 0) is 0 Å². The number of rotatable bonds is 1. The van der Waals surface area contributed by atoms with Crippen molar-refractivity contribution in [3.05, 3.63) is 90.5 Å². The van der Waals surface area contributed by atoms with Gasteiger partial charge in [0.25, 0.3) is 0 Å². The van der Waals surface area contributed by atoms with Gasteiger partial charge in [-0.1, -0.05) is 48.5 Å². The van der Waals surface area contributed by atoms with Gasteiger partial charge in [0.2, 0.25) is 11.6 Å². The summed E-state index contributed by atoms with van der Waals surface area (Å²) in [7, 11) is 0. The zero-order chi connectivity index (χ0) is 21.0. The summed E-state index contributed by atoms with van der Waals surface area (Å²) in [4.78, 5) is 10.0. The third-order valence-electron chi connectivity index (χ3n) is 6.72. The smallest absolute Gasteiger partial charge is 0.223 e. The molecule has 0 spiro atoms. The first-order chi connectivity index (χ1) is 15.8. The monoisotopic (exact) mass is 411 g/mol. The Morgan fingerprint density at radius 1 is 0.562 bits per heavy atom. The van der Waals surface area contributed by atoms with Crippen molar-refractivity contribution in [2.75, 3.05) is 0 Å². The zero-order valence-corrected chi connectivity index (χ0v) is 17.3. The normalized spacial score (nSPS) is 12.5. The number of hydrogen-bond donors (Lipinski definition) is 0. The van der Waals surface area contributed by atoms with E-state index in [1.807, 2.05) is 12.1 Å². The van der Waals surface area contributed by atoms with Gasteiger partial charge in [0, 0.05) is 0 Å². The minimum absolute atomic E-state index is 0.901. The molecule has 0 unspecified atom stereocenters. The Kier molecular flexibility index (Phi) is 2.78. The highest BCUT2D eigenvalue weighted by Crippen LogP contribution is 2.37. The summed E-state index contributed by atoms with van der Waals surface area (Å²) in [5.41, 5.74) is 11.4. The molecule has 0 atom stereocenters. The fourth-order valence-electron chi connectivity index (χ4n) is 5.32. The lowest BCUT2D eigenvalue weighted by Crippen LogP contribution is -1.89. The van der Waals surface area contributed by atoms with Gasteiger partial charge in [0.15, 0.2) is 0 Å². The van der Waals surface area contributed by atoms with Crippen LogP contribution in [-0.4, -0.2) is 23.2 Å². The van der Waals surface area contributed by atoms with Crippen molar-refractivity contribution >= 4 is 50.2 Å². The molecule has 0 fully saturated rings. The Balaban J connectivity index is 1.70. The molecule has 0 aliphatic heterocycles. The van der Waals surface area contributed by atoms with Crippen molar-refractivity contribution in [2.45, 2.75) is 6.92 Å². The third-order valence-corrected chi connectivity index (χ3v) is 6.72. The van der Waals surface area contributed by atoms with E-state index in [4.69, 9.17) is 9.97 Å². The number of aryl methyl sites for hydroxylation is 1. The van der Waals surface area contributed by atoms with Crippen LogP contribution in [0.2, 0.25) is 0 Å². The average molecular weight is 411 g/mol. The number of fused-ring (bicyclic) bond motifs is 10. The van der Waals surface area contributed by atoms with Crippen molar-refractivity contribution in [1.82, 2.24) is 23.2 Å². The van der Waals surface area contributed by atoms with Gasteiger partial charge in [-0.2, -0.15) is 0 Å². The maximum absolute atomic E-state index is 5.02. The van der Waals surface area contributed by atoms with E-state index in [-0.39, 0.29) is 0 Å². The van der Waals surface area contributed by atoms with E-state index in [9.17, 15) is 0 Å². The Hall–Kier alpha value is -4.38. The van der Waals surface area contributed by atoms with Crippen LogP contribution < -0.4 is 0 Å². The van der Waals surface area contributed by atoms with E-state index in [0.29, 0.717) is 0 Å². The first kappa shape index (κ1) is 16.3. The first-order valence-corrected chi connectivity index (χ1v) is 10.8. The van der Waals surface area contributed by atoms with Gasteiger partial charge in [-0.25, -0.2) is 14.4 Å². The standard InChI is InChI=1S/C27H17N5/c1-16-8-2-3-9-18(16)17-14-23-25-24(15-17)31-22-13-7-5-11-20(22)29-27(31)32(25)26-28-19-10-4-6-12-21(19)30(23)26/h2-15H,1H3. The highest BCUT2D eigenvalue weighted by molar-refractivity contribution is 6.06. The topological polar surface area (TPSA) is 39.0 Å². The number of imidazole rings is 4. The molecular formula is C27H17N5. The molecule has 0 saturated heterocycles. The fourth-order valence-corrected chi connectivity index (χ4v) is 5.32. The quantitative estimate of drug-likeness (QED) is 0.327. The maximum Gasteiger partial charge on any atom is 0.223 e. The molecule has 5 nitrogen and oxygen atoms in total. The lowest BCUT2D eigenvalue weighted by atomic mass is 10.00. The minimum Gasteiger partial charge on any atom is -0.276 e. The molecule has 0 saturated carbocycles. The van der Waals surface area contributed by atoms with Crippen molar-refractivity contribution in [3.63, 3.8) is 0 Å². The number of nitrogens with zero attached hydrogens (tertiary/aromatic N) is 5. The summed E-state index contributed by atoms with van der Waals surface area (Å²) >= 11 is 0. The highest BCUT2D eigenvalue weighted by atomic mass is 15.3. The average Bonchev–Trinajstić information content (AvgIpc) is 3.53. The third kappa shape index (κ3) is 1.81. The van der Waals surface area contributed by atoms with Crippen molar-refractivity contribution in [1.29, 1.82) is 0 Å². The van der Waals surface area contributed by atoms with E-state index in [1.165, 1.54) is 16.7 Å². The van der Waals surface area contributed by atoms with Gasteiger partial charge >= 0.3 is 0 Å². The van der Waals surface area contributed by atoms with Crippen molar-refractivity contribution in [2.24, 2.45) is 0 Å². The predicted molar refractivity (Wildman–Crippen MR) is 129 cm³/mol. The molecule has 8 rings (SSSR count). The van der Waals surface area contributed by atoms with Crippen LogP contribution in [0.3, 0.4) is 0 Å². The zero-order valence-electron chi connectivity index (χ0n) is 17.3. The highest BCUT2D eigenvalue weighted by Gasteiger charge is 2.24. The molecule has 5 heteroatoms. The molecule has 0 N–H and O–H groups in total. The number of hydrogen-bond acceptors (Lipinski definition) is 2. The van der Waals surface area contributed by atoms with Crippen LogP contribution in [0.5, 0.6) is 0 Å². The second kappa shape index (κ2) is 5.45. The molecule has 4 aromatic heterocycles. The molecule has 0 radical (unpaired) electrons. The Morgan fingerprint density at radius 3 is 1.69 bits per heavy atom. The number of aromatic nitrogens is 5. The molecular weight excluding hydrogens is 394 g/mol. The van der Waals surface area contributed by atoms with Gasteiger partial charge < -0.3 is 0 Å². The summed E-state index contributed by atoms with van der Waals surface area (Å²) in [6, 6.07) is 29.8. The molecule has 0 bridgehead atoms.